The zero-order chi connectivity index (χ0) is 22.1. The van der Waals surface area contributed by atoms with E-state index in [9.17, 15) is 0 Å². The van der Waals surface area contributed by atoms with E-state index in [2.05, 4.69) is 76.6 Å². The fraction of sp³-hybridized carbons (Fsp3) is 0.308. The molecular formula is C26H30N6. The lowest BCUT2D eigenvalue weighted by atomic mass is 9.98. The number of aromatic amines is 1. The number of hydrogen-bond acceptors (Lipinski definition) is 5. The summed E-state index contributed by atoms with van der Waals surface area (Å²) in [5.74, 6) is 2.18. The molecule has 4 aromatic rings. The van der Waals surface area contributed by atoms with Crippen LogP contribution in [-0.2, 0) is 0 Å². The maximum Gasteiger partial charge on any atom is 0.231 e. The molecule has 32 heavy (non-hydrogen) atoms. The molecule has 0 aliphatic carbocycles. The van der Waals surface area contributed by atoms with Gasteiger partial charge in [-0.3, -0.25) is 0 Å². The van der Waals surface area contributed by atoms with Crippen molar-refractivity contribution >= 4 is 39.9 Å². The molecule has 0 unspecified atom stereocenters. The van der Waals surface area contributed by atoms with E-state index in [-0.39, 0.29) is 0 Å². The number of H-pyrrole nitrogens is 1. The van der Waals surface area contributed by atoms with Crippen LogP contribution in [0, 0.1) is 19.8 Å². The highest BCUT2D eigenvalue weighted by Gasteiger charge is 2.17. The van der Waals surface area contributed by atoms with Crippen LogP contribution in [0.3, 0.4) is 0 Å². The molecule has 1 aliphatic heterocycles. The number of rotatable bonds is 5. The van der Waals surface area contributed by atoms with Crippen LogP contribution in [0.2, 0.25) is 0 Å². The molecule has 5 rings (SSSR count). The van der Waals surface area contributed by atoms with Crippen LogP contribution in [0.15, 0.2) is 54.7 Å². The lowest BCUT2D eigenvalue weighted by molar-refractivity contribution is 0.438. The van der Waals surface area contributed by atoms with Crippen molar-refractivity contribution in [2.45, 2.75) is 33.6 Å². The van der Waals surface area contributed by atoms with Crippen LogP contribution in [0.25, 0.3) is 11.0 Å². The molecule has 0 atom stereocenters. The molecule has 0 spiro atoms. The highest BCUT2D eigenvalue weighted by atomic mass is 15.2. The Bertz CT molecular complexity index is 1240. The summed E-state index contributed by atoms with van der Waals surface area (Å²) < 4.78 is 0. The molecule has 2 aromatic carbocycles. The average molecular weight is 427 g/mol. The van der Waals surface area contributed by atoms with Gasteiger partial charge in [-0.25, -0.2) is 0 Å². The van der Waals surface area contributed by atoms with Crippen molar-refractivity contribution in [1.29, 1.82) is 0 Å². The summed E-state index contributed by atoms with van der Waals surface area (Å²) in [6, 6.07) is 16.8. The molecule has 6 nitrogen and oxygen atoms in total. The van der Waals surface area contributed by atoms with Gasteiger partial charge in [-0.1, -0.05) is 25.1 Å². The summed E-state index contributed by atoms with van der Waals surface area (Å²) in [4.78, 5) is 15.2. The summed E-state index contributed by atoms with van der Waals surface area (Å²) in [6.45, 7) is 8.84. The van der Waals surface area contributed by atoms with Gasteiger partial charge in [0.05, 0.1) is 5.39 Å². The van der Waals surface area contributed by atoms with Crippen molar-refractivity contribution in [2.24, 2.45) is 5.92 Å². The molecule has 1 fully saturated rings. The molecule has 0 amide bonds. The van der Waals surface area contributed by atoms with E-state index in [1.165, 1.54) is 29.7 Å². The fourth-order valence-electron chi connectivity index (χ4n) is 4.31. The number of hydrogen-bond donors (Lipinski definition) is 3. The minimum absolute atomic E-state index is 0.568. The Kier molecular flexibility index (Phi) is 5.43. The number of fused-ring (bicyclic) bond motifs is 1. The van der Waals surface area contributed by atoms with Gasteiger partial charge >= 0.3 is 0 Å². The molecule has 2 aromatic heterocycles. The SMILES string of the molecule is Cc1cc(N2CCC(C)CC2)ccc1Nc1nc(Nc2ccccc2C)c2cc[nH]c2n1. The van der Waals surface area contributed by atoms with Crippen molar-refractivity contribution in [3.8, 4) is 0 Å². The number of piperidine rings is 1. The van der Waals surface area contributed by atoms with Gasteiger partial charge in [0.2, 0.25) is 5.95 Å². The lowest BCUT2D eigenvalue weighted by Crippen LogP contribution is -2.32. The van der Waals surface area contributed by atoms with Gasteiger partial charge < -0.3 is 20.5 Å². The first kappa shape index (κ1) is 20.4. The smallest absolute Gasteiger partial charge is 0.231 e. The molecule has 1 aliphatic rings. The van der Waals surface area contributed by atoms with Crippen molar-refractivity contribution in [2.75, 3.05) is 28.6 Å². The van der Waals surface area contributed by atoms with E-state index < -0.39 is 0 Å². The number of nitrogens with zero attached hydrogens (tertiary/aromatic N) is 3. The topological polar surface area (TPSA) is 68.9 Å². The summed E-state index contributed by atoms with van der Waals surface area (Å²) in [5.41, 5.74) is 6.51. The van der Waals surface area contributed by atoms with E-state index in [1.807, 2.05) is 24.4 Å². The van der Waals surface area contributed by atoms with Gasteiger partial charge in [-0.05, 0) is 74.1 Å². The molecule has 164 valence electrons. The zero-order valence-electron chi connectivity index (χ0n) is 18.9. The van der Waals surface area contributed by atoms with E-state index in [0.717, 1.165) is 47.2 Å². The third-order valence-electron chi connectivity index (χ3n) is 6.42. The third kappa shape index (κ3) is 4.13. The van der Waals surface area contributed by atoms with E-state index in [0.29, 0.717) is 5.95 Å². The number of aromatic nitrogens is 3. The minimum Gasteiger partial charge on any atom is -0.372 e. The second-order valence-corrected chi connectivity index (χ2v) is 8.87. The quantitative estimate of drug-likeness (QED) is 0.349. The van der Waals surface area contributed by atoms with Gasteiger partial charge in [-0.2, -0.15) is 9.97 Å². The molecule has 3 N–H and O–H groups in total. The first-order valence-corrected chi connectivity index (χ1v) is 11.4. The Hall–Kier alpha value is -3.54. The normalized spacial score (nSPS) is 14.7. The summed E-state index contributed by atoms with van der Waals surface area (Å²) in [7, 11) is 0. The zero-order valence-corrected chi connectivity index (χ0v) is 18.9. The van der Waals surface area contributed by atoms with Crippen LogP contribution in [0.5, 0.6) is 0 Å². The average Bonchev–Trinajstić information content (AvgIpc) is 3.26. The van der Waals surface area contributed by atoms with Gasteiger partial charge in [0.15, 0.2) is 0 Å². The number of anilines is 5. The Morgan fingerprint density at radius 1 is 0.906 bits per heavy atom. The molecule has 0 saturated carbocycles. The Morgan fingerprint density at radius 3 is 2.47 bits per heavy atom. The fourth-order valence-corrected chi connectivity index (χ4v) is 4.31. The predicted octanol–water partition coefficient (Wildman–Crippen LogP) is 6.30. The van der Waals surface area contributed by atoms with Crippen LogP contribution < -0.4 is 15.5 Å². The maximum atomic E-state index is 4.80. The number of para-hydroxylation sites is 1. The number of aryl methyl sites for hydroxylation is 2. The molecule has 3 heterocycles. The van der Waals surface area contributed by atoms with E-state index in [4.69, 9.17) is 4.98 Å². The lowest BCUT2D eigenvalue weighted by Gasteiger charge is -2.32. The molecular weight excluding hydrogens is 396 g/mol. The van der Waals surface area contributed by atoms with Gasteiger partial charge in [0.25, 0.3) is 0 Å². The Morgan fingerprint density at radius 2 is 1.69 bits per heavy atom. The third-order valence-corrected chi connectivity index (χ3v) is 6.42. The first-order valence-electron chi connectivity index (χ1n) is 11.4. The van der Waals surface area contributed by atoms with Gasteiger partial charge in [0, 0.05) is 36.3 Å². The van der Waals surface area contributed by atoms with Crippen LogP contribution in [0.1, 0.15) is 30.9 Å². The van der Waals surface area contributed by atoms with E-state index in [1.54, 1.807) is 0 Å². The highest BCUT2D eigenvalue weighted by molar-refractivity contribution is 5.90. The number of benzene rings is 2. The van der Waals surface area contributed by atoms with E-state index >= 15 is 0 Å². The summed E-state index contributed by atoms with van der Waals surface area (Å²) >= 11 is 0. The van der Waals surface area contributed by atoms with Crippen LogP contribution in [0.4, 0.5) is 28.8 Å². The van der Waals surface area contributed by atoms with Crippen molar-refractivity contribution in [3.05, 3.63) is 65.9 Å². The summed E-state index contributed by atoms with van der Waals surface area (Å²) in [5, 5.41) is 7.87. The molecule has 1 saturated heterocycles. The van der Waals surface area contributed by atoms with Crippen molar-refractivity contribution in [3.63, 3.8) is 0 Å². The second-order valence-electron chi connectivity index (χ2n) is 8.87. The standard InChI is InChI=1S/C26H30N6/c1-17-11-14-32(15-12-17)20-8-9-23(19(3)16-20)29-26-30-24-21(10-13-27-24)25(31-26)28-22-7-5-4-6-18(22)2/h4-10,13,16-17H,11-12,14-15H2,1-3H3,(H3,27,28,29,30,31). The van der Waals surface area contributed by atoms with Crippen molar-refractivity contribution in [1.82, 2.24) is 15.0 Å². The molecule has 0 radical (unpaired) electrons. The van der Waals surface area contributed by atoms with Gasteiger partial charge in [-0.15, -0.1) is 0 Å². The highest BCUT2D eigenvalue weighted by Crippen LogP contribution is 2.30. The summed E-state index contributed by atoms with van der Waals surface area (Å²) in [6.07, 6.45) is 4.42. The largest absolute Gasteiger partial charge is 0.372 e. The second kappa shape index (κ2) is 8.54. The van der Waals surface area contributed by atoms with Gasteiger partial charge in [0.1, 0.15) is 11.5 Å². The molecule has 0 bridgehead atoms. The number of nitrogens with one attached hydrogen (secondary N) is 3. The van der Waals surface area contributed by atoms with Crippen LogP contribution >= 0.6 is 0 Å². The first-order chi connectivity index (χ1) is 15.6. The monoisotopic (exact) mass is 426 g/mol. The Balaban J connectivity index is 1.41. The minimum atomic E-state index is 0.568. The van der Waals surface area contributed by atoms with Crippen molar-refractivity contribution < 1.29 is 0 Å². The molecule has 6 heteroatoms. The Labute approximate surface area is 189 Å². The maximum absolute atomic E-state index is 4.80. The predicted molar refractivity (Wildman–Crippen MR) is 133 cm³/mol. The van der Waals surface area contributed by atoms with Crippen LogP contribution in [-0.4, -0.2) is 28.0 Å².